The molecule has 0 aliphatic heterocycles. The zero-order chi connectivity index (χ0) is 21.2. The van der Waals surface area contributed by atoms with Crippen LogP contribution in [-0.2, 0) is 22.0 Å². The topological polar surface area (TPSA) is 37.3 Å². The van der Waals surface area contributed by atoms with Gasteiger partial charge in [-0.2, -0.15) is 0 Å². The molecule has 2 aromatic rings. The van der Waals surface area contributed by atoms with Crippen LogP contribution in [-0.4, -0.2) is 11.1 Å². The molecule has 1 aliphatic carbocycles. The molecule has 2 heteroatoms. The summed E-state index contributed by atoms with van der Waals surface area (Å²) in [7, 11) is 0. The van der Waals surface area contributed by atoms with Crippen LogP contribution in [0.3, 0.4) is 0 Å². The van der Waals surface area contributed by atoms with E-state index < -0.39 is 5.97 Å². The lowest BCUT2D eigenvalue weighted by Gasteiger charge is -2.42. The van der Waals surface area contributed by atoms with E-state index in [0.717, 1.165) is 12.0 Å². The summed E-state index contributed by atoms with van der Waals surface area (Å²) < 4.78 is 0. The van der Waals surface area contributed by atoms with Crippen LogP contribution in [0.15, 0.2) is 42.5 Å². The quantitative estimate of drug-likeness (QED) is 0.532. The van der Waals surface area contributed by atoms with E-state index in [4.69, 9.17) is 5.11 Å². The molecule has 0 bridgehead atoms. The second-order valence-electron chi connectivity index (χ2n) is 9.72. The Hall–Kier alpha value is -2.35. The Morgan fingerprint density at radius 3 is 2.31 bits per heavy atom. The van der Waals surface area contributed by atoms with Crippen LogP contribution in [0.2, 0.25) is 0 Å². The van der Waals surface area contributed by atoms with Gasteiger partial charge in [-0.05, 0) is 82.0 Å². The molecule has 154 valence electrons. The average molecular weight is 391 g/mol. The molecule has 0 saturated heterocycles. The van der Waals surface area contributed by atoms with Gasteiger partial charge in [0.25, 0.3) is 0 Å². The Bertz CT molecular complexity index is 932. The van der Waals surface area contributed by atoms with Gasteiger partial charge in [0.15, 0.2) is 0 Å². The van der Waals surface area contributed by atoms with Gasteiger partial charge in [0.2, 0.25) is 0 Å². The number of aliphatic carboxylic acids is 1. The largest absolute Gasteiger partial charge is 0.478 e. The number of hydrogen-bond donors (Lipinski definition) is 1. The molecule has 1 N–H and O–H groups in total. The van der Waals surface area contributed by atoms with Crippen LogP contribution in [0.1, 0.15) is 82.6 Å². The monoisotopic (exact) mass is 390 g/mol. The summed E-state index contributed by atoms with van der Waals surface area (Å²) in [6.45, 7) is 11.7. The third-order valence-corrected chi connectivity index (χ3v) is 6.49. The fourth-order valence-corrected chi connectivity index (χ4v) is 4.48. The highest BCUT2D eigenvalue weighted by atomic mass is 16.4. The van der Waals surface area contributed by atoms with Crippen LogP contribution < -0.4 is 0 Å². The third kappa shape index (κ3) is 4.63. The predicted molar refractivity (Wildman–Crippen MR) is 122 cm³/mol. The second kappa shape index (κ2) is 8.18. The van der Waals surface area contributed by atoms with Gasteiger partial charge < -0.3 is 5.11 Å². The SMILES string of the molecule is CCCCc1cc2c(cc1-c1cccc(C=CC(=O)O)c1)C(C)(C)CCC2(C)C. The van der Waals surface area contributed by atoms with Crippen LogP contribution in [0, 0.1) is 0 Å². The van der Waals surface area contributed by atoms with Crippen molar-refractivity contribution in [2.75, 3.05) is 0 Å². The van der Waals surface area contributed by atoms with E-state index in [9.17, 15) is 4.79 Å². The lowest BCUT2D eigenvalue weighted by atomic mass is 9.62. The lowest BCUT2D eigenvalue weighted by Crippen LogP contribution is -2.34. The summed E-state index contributed by atoms with van der Waals surface area (Å²) in [6, 6.07) is 13.1. The van der Waals surface area contributed by atoms with Gasteiger partial charge in [-0.25, -0.2) is 4.79 Å². The number of unbranched alkanes of at least 4 members (excludes halogenated alkanes) is 1. The molecule has 0 saturated carbocycles. The molecule has 3 rings (SSSR count). The third-order valence-electron chi connectivity index (χ3n) is 6.49. The Morgan fingerprint density at radius 1 is 1.03 bits per heavy atom. The second-order valence-corrected chi connectivity index (χ2v) is 9.72. The maximum absolute atomic E-state index is 10.9. The minimum atomic E-state index is -0.920. The molecular formula is C27H34O2. The van der Waals surface area contributed by atoms with Crippen molar-refractivity contribution >= 4 is 12.0 Å². The van der Waals surface area contributed by atoms with Crippen molar-refractivity contribution in [3.63, 3.8) is 0 Å². The highest BCUT2D eigenvalue weighted by Crippen LogP contribution is 2.48. The van der Waals surface area contributed by atoms with Crippen molar-refractivity contribution in [1.29, 1.82) is 0 Å². The number of carboxylic acid groups (broad SMARTS) is 1. The van der Waals surface area contributed by atoms with E-state index >= 15 is 0 Å². The van der Waals surface area contributed by atoms with Gasteiger partial charge in [0.1, 0.15) is 0 Å². The molecule has 0 spiro atoms. The van der Waals surface area contributed by atoms with Gasteiger partial charge in [0, 0.05) is 6.08 Å². The minimum Gasteiger partial charge on any atom is -0.478 e. The summed E-state index contributed by atoms with van der Waals surface area (Å²) in [5, 5.41) is 8.95. The minimum absolute atomic E-state index is 0.170. The normalized spacial score (nSPS) is 17.3. The zero-order valence-electron chi connectivity index (χ0n) is 18.5. The van der Waals surface area contributed by atoms with Gasteiger partial charge in [-0.3, -0.25) is 0 Å². The molecule has 2 nitrogen and oxygen atoms in total. The number of fused-ring (bicyclic) bond motifs is 1. The maximum atomic E-state index is 10.9. The van der Waals surface area contributed by atoms with Crippen LogP contribution >= 0.6 is 0 Å². The van der Waals surface area contributed by atoms with E-state index in [0.29, 0.717) is 0 Å². The van der Waals surface area contributed by atoms with E-state index in [-0.39, 0.29) is 10.8 Å². The fraction of sp³-hybridized carbons (Fsp3) is 0.444. The highest BCUT2D eigenvalue weighted by Gasteiger charge is 2.37. The molecule has 0 radical (unpaired) electrons. The van der Waals surface area contributed by atoms with E-state index in [2.05, 4.69) is 58.9 Å². The first kappa shape index (κ1) is 21.4. The highest BCUT2D eigenvalue weighted by molar-refractivity contribution is 5.85. The lowest BCUT2D eigenvalue weighted by molar-refractivity contribution is -0.131. The predicted octanol–water partition coefficient (Wildman–Crippen LogP) is 7.14. The fourth-order valence-electron chi connectivity index (χ4n) is 4.48. The van der Waals surface area contributed by atoms with Gasteiger partial charge in [0.05, 0.1) is 0 Å². The van der Waals surface area contributed by atoms with E-state index in [1.165, 1.54) is 59.6 Å². The molecule has 0 heterocycles. The summed E-state index contributed by atoms with van der Waals surface area (Å²) in [5.74, 6) is -0.920. The van der Waals surface area contributed by atoms with Crippen molar-refractivity contribution in [2.24, 2.45) is 0 Å². The maximum Gasteiger partial charge on any atom is 0.328 e. The number of hydrogen-bond acceptors (Lipinski definition) is 1. The van der Waals surface area contributed by atoms with Crippen molar-refractivity contribution in [3.8, 4) is 11.1 Å². The number of carbonyl (C=O) groups is 1. The van der Waals surface area contributed by atoms with Crippen molar-refractivity contribution in [2.45, 2.75) is 77.6 Å². The molecule has 0 fully saturated rings. The van der Waals surface area contributed by atoms with Gasteiger partial charge in [-0.15, -0.1) is 0 Å². The summed E-state index contributed by atoms with van der Waals surface area (Å²) in [5.41, 5.74) is 8.15. The molecule has 0 aromatic heterocycles. The zero-order valence-corrected chi connectivity index (χ0v) is 18.5. The summed E-state index contributed by atoms with van der Waals surface area (Å²) in [6.07, 6.45) is 8.71. The Balaban J connectivity index is 2.18. The van der Waals surface area contributed by atoms with Crippen LogP contribution in [0.25, 0.3) is 17.2 Å². The first-order valence-electron chi connectivity index (χ1n) is 10.8. The Morgan fingerprint density at radius 2 is 1.69 bits per heavy atom. The first-order valence-corrected chi connectivity index (χ1v) is 10.8. The Kier molecular flexibility index (Phi) is 6.03. The molecule has 0 atom stereocenters. The molecular weight excluding hydrogens is 356 g/mol. The smallest absolute Gasteiger partial charge is 0.328 e. The molecule has 0 unspecified atom stereocenters. The standard InChI is InChI=1S/C27H34O2/c1-6-7-10-21-17-23-24(27(4,5)15-14-26(23,2)3)18-22(21)20-11-8-9-19(16-20)12-13-25(28)29/h8-9,11-13,16-18H,6-7,10,14-15H2,1-5H3,(H,28,29). The van der Waals surface area contributed by atoms with E-state index in [1.54, 1.807) is 6.08 Å². The van der Waals surface area contributed by atoms with Crippen molar-refractivity contribution < 1.29 is 9.90 Å². The molecule has 1 aliphatic rings. The number of rotatable bonds is 6. The number of benzene rings is 2. The van der Waals surface area contributed by atoms with Gasteiger partial charge in [-0.1, -0.05) is 71.4 Å². The number of aryl methyl sites for hydroxylation is 1. The summed E-state index contributed by atoms with van der Waals surface area (Å²) in [4.78, 5) is 10.9. The number of carboxylic acids is 1. The first-order chi connectivity index (χ1) is 13.6. The molecule has 2 aromatic carbocycles. The Labute approximate surface area is 175 Å². The average Bonchev–Trinajstić information content (AvgIpc) is 2.68. The summed E-state index contributed by atoms with van der Waals surface area (Å²) >= 11 is 0. The molecule has 29 heavy (non-hydrogen) atoms. The van der Waals surface area contributed by atoms with Gasteiger partial charge >= 0.3 is 5.97 Å². The van der Waals surface area contributed by atoms with Crippen LogP contribution in [0.5, 0.6) is 0 Å². The van der Waals surface area contributed by atoms with Crippen molar-refractivity contribution in [1.82, 2.24) is 0 Å². The van der Waals surface area contributed by atoms with E-state index in [1.807, 2.05) is 12.1 Å². The van der Waals surface area contributed by atoms with Crippen molar-refractivity contribution in [3.05, 3.63) is 64.7 Å². The van der Waals surface area contributed by atoms with Crippen LogP contribution in [0.4, 0.5) is 0 Å². The molecule has 0 amide bonds.